The van der Waals surface area contributed by atoms with Gasteiger partial charge in [0.1, 0.15) is 0 Å². The lowest BCUT2D eigenvalue weighted by Gasteiger charge is -2.10. The average Bonchev–Trinajstić information content (AvgIpc) is 2.76. The van der Waals surface area contributed by atoms with Gasteiger partial charge in [0.2, 0.25) is 0 Å². The van der Waals surface area contributed by atoms with Crippen molar-refractivity contribution < 1.29 is 4.79 Å². The van der Waals surface area contributed by atoms with Crippen LogP contribution in [0.5, 0.6) is 0 Å². The fourth-order valence-electron chi connectivity index (χ4n) is 1.38. The summed E-state index contributed by atoms with van der Waals surface area (Å²) in [5.74, 6) is -0.309. The van der Waals surface area contributed by atoms with Gasteiger partial charge in [-0.15, -0.1) is 5.10 Å². The molecule has 0 spiro atoms. The molecule has 0 saturated carbocycles. The summed E-state index contributed by atoms with van der Waals surface area (Å²) in [5, 5.41) is 8.01. The van der Waals surface area contributed by atoms with Gasteiger partial charge in [-0.2, -0.15) is 0 Å². The van der Waals surface area contributed by atoms with Crippen molar-refractivity contribution in [2.24, 2.45) is 0 Å². The third-order valence-corrected chi connectivity index (χ3v) is 3.12. The summed E-state index contributed by atoms with van der Waals surface area (Å²) in [6.07, 6.45) is 0. The Morgan fingerprint density at radius 3 is 2.88 bits per heavy atom. The van der Waals surface area contributed by atoms with Crippen LogP contribution in [-0.2, 0) is 0 Å². The van der Waals surface area contributed by atoms with Gasteiger partial charge in [-0.05, 0) is 36.2 Å². The Bertz CT molecular complexity index is 532. The molecule has 0 saturated heterocycles. The first kappa shape index (κ1) is 12.0. The third-order valence-electron chi connectivity index (χ3n) is 2.16. The molecule has 1 heterocycles. The molecule has 1 aromatic carbocycles. The van der Waals surface area contributed by atoms with E-state index in [-0.39, 0.29) is 11.6 Å². The standard InChI is InChI=1S/C10H9BrN4OS/c1-5-2-6(11)3-7(12)9(5)13-10(16)8-4-17-15-14-8/h2-4H,12H2,1H3,(H,13,16). The van der Waals surface area contributed by atoms with Crippen molar-refractivity contribution in [2.75, 3.05) is 11.1 Å². The maximum absolute atomic E-state index is 11.8. The van der Waals surface area contributed by atoms with Gasteiger partial charge in [0.15, 0.2) is 5.69 Å². The number of halogens is 1. The number of anilines is 2. The lowest BCUT2D eigenvalue weighted by Crippen LogP contribution is -2.14. The molecule has 5 nitrogen and oxygen atoms in total. The van der Waals surface area contributed by atoms with E-state index in [4.69, 9.17) is 5.73 Å². The first-order valence-corrected chi connectivity index (χ1v) is 6.35. The Morgan fingerprint density at radius 1 is 1.53 bits per heavy atom. The van der Waals surface area contributed by atoms with E-state index < -0.39 is 0 Å². The number of nitrogens with one attached hydrogen (secondary N) is 1. The first-order chi connectivity index (χ1) is 8.08. The van der Waals surface area contributed by atoms with Crippen LogP contribution in [0.3, 0.4) is 0 Å². The van der Waals surface area contributed by atoms with Crippen LogP contribution >= 0.6 is 27.5 Å². The van der Waals surface area contributed by atoms with Crippen molar-refractivity contribution in [3.05, 3.63) is 33.2 Å². The molecule has 1 aromatic heterocycles. The van der Waals surface area contributed by atoms with Crippen molar-refractivity contribution in [3.8, 4) is 0 Å². The molecular weight excluding hydrogens is 304 g/mol. The Hall–Kier alpha value is -1.47. The second-order valence-corrected chi connectivity index (χ2v) is 4.96. The van der Waals surface area contributed by atoms with Gasteiger partial charge in [0.05, 0.1) is 11.4 Å². The molecule has 0 unspecified atom stereocenters. The van der Waals surface area contributed by atoms with Gasteiger partial charge in [-0.3, -0.25) is 4.79 Å². The second-order valence-electron chi connectivity index (χ2n) is 3.43. The predicted molar refractivity (Wildman–Crippen MR) is 71.2 cm³/mol. The molecule has 0 aliphatic heterocycles. The normalized spacial score (nSPS) is 10.2. The molecule has 0 atom stereocenters. The number of rotatable bonds is 2. The van der Waals surface area contributed by atoms with Crippen molar-refractivity contribution >= 4 is 44.7 Å². The largest absolute Gasteiger partial charge is 0.397 e. The summed E-state index contributed by atoms with van der Waals surface area (Å²) in [6, 6.07) is 3.62. The number of carbonyl (C=O) groups excluding carboxylic acids is 1. The molecule has 88 valence electrons. The molecule has 17 heavy (non-hydrogen) atoms. The molecule has 0 radical (unpaired) electrons. The fourth-order valence-corrected chi connectivity index (χ4v) is 2.41. The maximum atomic E-state index is 11.8. The topological polar surface area (TPSA) is 80.9 Å². The molecule has 0 fully saturated rings. The van der Waals surface area contributed by atoms with E-state index in [1.54, 1.807) is 11.4 Å². The summed E-state index contributed by atoms with van der Waals surface area (Å²) in [6.45, 7) is 1.87. The number of hydrogen-bond acceptors (Lipinski definition) is 5. The summed E-state index contributed by atoms with van der Waals surface area (Å²) in [7, 11) is 0. The summed E-state index contributed by atoms with van der Waals surface area (Å²) in [4.78, 5) is 11.8. The SMILES string of the molecule is Cc1cc(Br)cc(N)c1NC(=O)c1csnn1. The van der Waals surface area contributed by atoms with Crippen LogP contribution < -0.4 is 11.1 Å². The van der Waals surface area contributed by atoms with E-state index in [0.29, 0.717) is 11.4 Å². The highest BCUT2D eigenvalue weighted by Crippen LogP contribution is 2.28. The molecule has 0 aliphatic carbocycles. The Kier molecular flexibility index (Phi) is 3.39. The number of benzene rings is 1. The minimum absolute atomic E-state index is 0.289. The monoisotopic (exact) mass is 312 g/mol. The number of nitrogens with two attached hydrogens (primary N) is 1. The Morgan fingerprint density at radius 2 is 2.29 bits per heavy atom. The smallest absolute Gasteiger partial charge is 0.277 e. The number of nitrogens with zero attached hydrogens (tertiary/aromatic N) is 2. The fraction of sp³-hybridized carbons (Fsp3) is 0.100. The highest BCUT2D eigenvalue weighted by atomic mass is 79.9. The van der Waals surface area contributed by atoms with E-state index >= 15 is 0 Å². The van der Waals surface area contributed by atoms with Gasteiger partial charge in [0, 0.05) is 9.85 Å². The number of amides is 1. The van der Waals surface area contributed by atoms with Crippen LogP contribution in [0.25, 0.3) is 0 Å². The van der Waals surface area contributed by atoms with Crippen molar-refractivity contribution in [2.45, 2.75) is 6.92 Å². The lowest BCUT2D eigenvalue weighted by molar-refractivity contribution is 0.102. The molecular formula is C10H9BrN4OS. The van der Waals surface area contributed by atoms with E-state index in [0.717, 1.165) is 21.6 Å². The summed E-state index contributed by atoms with van der Waals surface area (Å²) in [5.41, 5.74) is 8.13. The predicted octanol–water partition coefficient (Wildman–Crippen LogP) is 2.44. The van der Waals surface area contributed by atoms with Crippen LogP contribution in [0, 0.1) is 6.92 Å². The molecule has 0 aliphatic rings. The minimum atomic E-state index is -0.309. The maximum Gasteiger partial charge on any atom is 0.277 e. The first-order valence-electron chi connectivity index (χ1n) is 4.72. The number of hydrogen-bond donors (Lipinski definition) is 2. The van der Waals surface area contributed by atoms with Gasteiger partial charge in [0.25, 0.3) is 5.91 Å². The van der Waals surface area contributed by atoms with E-state index in [1.807, 2.05) is 13.0 Å². The van der Waals surface area contributed by atoms with E-state index in [9.17, 15) is 4.79 Å². The highest BCUT2D eigenvalue weighted by Gasteiger charge is 2.12. The van der Waals surface area contributed by atoms with E-state index in [2.05, 4.69) is 30.8 Å². The van der Waals surface area contributed by atoms with Crippen LogP contribution in [-0.4, -0.2) is 15.5 Å². The lowest BCUT2D eigenvalue weighted by atomic mass is 10.1. The number of nitrogen functional groups attached to an aromatic ring is 1. The molecule has 3 N–H and O–H groups in total. The average molecular weight is 313 g/mol. The number of aromatic nitrogens is 2. The zero-order chi connectivity index (χ0) is 12.4. The summed E-state index contributed by atoms with van der Waals surface area (Å²) < 4.78 is 4.51. The zero-order valence-electron chi connectivity index (χ0n) is 8.90. The van der Waals surface area contributed by atoms with Crippen molar-refractivity contribution in [1.29, 1.82) is 0 Å². The van der Waals surface area contributed by atoms with Gasteiger partial charge >= 0.3 is 0 Å². The van der Waals surface area contributed by atoms with Crippen LogP contribution in [0.15, 0.2) is 22.0 Å². The molecule has 7 heteroatoms. The molecule has 0 bridgehead atoms. The quantitative estimate of drug-likeness (QED) is 0.835. The van der Waals surface area contributed by atoms with Crippen molar-refractivity contribution in [1.82, 2.24) is 9.59 Å². The second kappa shape index (κ2) is 4.80. The third kappa shape index (κ3) is 2.62. The number of carbonyl (C=O) groups is 1. The van der Waals surface area contributed by atoms with Gasteiger partial charge in [-0.1, -0.05) is 20.4 Å². The van der Waals surface area contributed by atoms with Crippen LogP contribution in [0.4, 0.5) is 11.4 Å². The molecule has 2 rings (SSSR count). The number of aryl methyl sites for hydroxylation is 1. The van der Waals surface area contributed by atoms with Crippen LogP contribution in [0.1, 0.15) is 16.1 Å². The zero-order valence-corrected chi connectivity index (χ0v) is 11.3. The summed E-state index contributed by atoms with van der Waals surface area (Å²) >= 11 is 4.47. The van der Waals surface area contributed by atoms with Crippen LogP contribution in [0.2, 0.25) is 0 Å². The molecule has 2 aromatic rings. The molecule has 1 amide bonds. The minimum Gasteiger partial charge on any atom is -0.397 e. The van der Waals surface area contributed by atoms with Crippen molar-refractivity contribution in [3.63, 3.8) is 0 Å². The van der Waals surface area contributed by atoms with Gasteiger partial charge < -0.3 is 11.1 Å². The Balaban J connectivity index is 2.28. The Labute approximate surface area is 110 Å². The highest BCUT2D eigenvalue weighted by molar-refractivity contribution is 9.10. The van der Waals surface area contributed by atoms with Gasteiger partial charge in [-0.25, -0.2) is 0 Å². The van der Waals surface area contributed by atoms with E-state index in [1.165, 1.54) is 0 Å².